The van der Waals surface area contributed by atoms with E-state index in [0.29, 0.717) is 18.1 Å². The van der Waals surface area contributed by atoms with E-state index in [0.717, 1.165) is 0 Å². The molecule has 0 aromatic carbocycles. The maximum Gasteiger partial charge on any atom is 0.213 e. The summed E-state index contributed by atoms with van der Waals surface area (Å²) in [6, 6.07) is 3.58. The van der Waals surface area contributed by atoms with Crippen molar-refractivity contribution in [3.63, 3.8) is 0 Å². The number of hydrogen-bond acceptors (Lipinski definition) is 5. The van der Waals surface area contributed by atoms with Crippen molar-refractivity contribution in [2.45, 2.75) is 26.9 Å². The maximum atomic E-state index is 11.5. The average molecular weight is 287 g/mol. The number of ether oxygens (including phenoxy) is 1. The second-order valence-electron chi connectivity index (χ2n) is 4.26. The number of nitrogens with one attached hydrogen (secondary N) is 2. The molecule has 0 atom stereocenters. The van der Waals surface area contributed by atoms with Crippen LogP contribution < -0.4 is 14.8 Å². The first-order valence-electron chi connectivity index (χ1n) is 6.27. The maximum absolute atomic E-state index is 11.5. The van der Waals surface area contributed by atoms with Crippen LogP contribution in [0.1, 0.15) is 20.8 Å². The molecule has 0 aliphatic carbocycles. The molecule has 0 saturated heterocycles. The highest BCUT2D eigenvalue weighted by atomic mass is 32.2. The molecule has 1 aromatic rings. The average Bonchev–Trinajstić information content (AvgIpc) is 2.30. The third kappa shape index (κ3) is 5.89. The molecule has 6 nitrogen and oxygen atoms in total. The number of sulfonamides is 1. The van der Waals surface area contributed by atoms with E-state index in [1.54, 1.807) is 25.3 Å². The fraction of sp³-hybridized carbons (Fsp3) is 0.583. The fourth-order valence-corrected chi connectivity index (χ4v) is 2.42. The molecule has 7 heteroatoms. The Morgan fingerprint density at radius 2 is 2.16 bits per heavy atom. The van der Waals surface area contributed by atoms with E-state index in [9.17, 15) is 8.42 Å². The van der Waals surface area contributed by atoms with Crippen LogP contribution in [0.15, 0.2) is 18.3 Å². The molecular formula is C12H21N3O3S. The fourth-order valence-electron chi connectivity index (χ4n) is 1.47. The minimum absolute atomic E-state index is 0.00146. The van der Waals surface area contributed by atoms with Crippen LogP contribution in [0.5, 0.6) is 5.75 Å². The van der Waals surface area contributed by atoms with Crippen LogP contribution in [-0.4, -0.2) is 38.3 Å². The van der Waals surface area contributed by atoms with Crippen LogP contribution in [-0.2, 0) is 10.0 Å². The molecule has 0 radical (unpaired) electrons. The summed E-state index contributed by atoms with van der Waals surface area (Å²) in [4.78, 5) is 4.15. The highest BCUT2D eigenvalue weighted by molar-refractivity contribution is 7.89. The zero-order chi connectivity index (χ0) is 14.3. The van der Waals surface area contributed by atoms with E-state index in [1.165, 1.54) is 0 Å². The molecule has 1 heterocycles. The number of anilines is 1. The van der Waals surface area contributed by atoms with Gasteiger partial charge < -0.3 is 10.1 Å². The Morgan fingerprint density at radius 1 is 1.42 bits per heavy atom. The molecule has 0 aliphatic heterocycles. The monoisotopic (exact) mass is 287 g/mol. The van der Waals surface area contributed by atoms with Gasteiger partial charge in [0, 0.05) is 19.3 Å². The lowest BCUT2D eigenvalue weighted by Crippen LogP contribution is -2.29. The number of hydrogen-bond donors (Lipinski definition) is 2. The number of aromatic nitrogens is 1. The lowest BCUT2D eigenvalue weighted by Gasteiger charge is -2.14. The lowest BCUT2D eigenvalue weighted by atomic mass is 10.4. The molecule has 108 valence electrons. The highest BCUT2D eigenvalue weighted by Crippen LogP contribution is 2.21. The Kier molecular flexibility index (Phi) is 6.04. The van der Waals surface area contributed by atoms with Crippen LogP contribution in [0.25, 0.3) is 0 Å². The number of nitrogens with zero attached hydrogens (tertiary/aromatic N) is 1. The van der Waals surface area contributed by atoms with Gasteiger partial charge in [-0.1, -0.05) is 6.92 Å². The van der Waals surface area contributed by atoms with Gasteiger partial charge >= 0.3 is 0 Å². The van der Waals surface area contributed by atoms with Gasteiger partial charge in [0.1, 0.15) is 0 Å². The van der Waals surface area contributed by atoms with Crippen molar-refractivity contribution in [1.82, 2.24) is 9.71 Å². The first-order valence-corrected chi connectivity index (χ1v) is 7.92. The first-order chi connectivity index (χ1) is 8.94. The predicted molar refractivity (Wildman–Crippen MR) is 76.0 cm³/mol. The number of rotatable bonds is 8. The van der Waals surface area contributed by atoms with Crippen molar-refractivity contribution < 1.29 is 13.2 Å². The van der Waals surface area contributed by atoms with Crippen molar-refractivity contribution in [2.24, 2.45) is 0 Å². The van der Waals surface area contributed by atoms with Crippen molar-refractivity contribution in [3.05, 3.63) is 18.3 Å². The Hall–Kier alpha value is -1.34. The Bertz CT molecular complexity index is 489. The molecule has 0 bridgehead atoms. The Morgan fingerprint density at radius 3 is 2.79 bits per heavy atom. The van der Waals surface area contributed by atoms with Crippen LogP contribution in [0.3, 0.4) is 0 Å². The summed E-state index contributed by atoms with van der Waals surface area (Å²) in [6.45, 7) is 6.27. The van der Waals surface area contributed by atoms with E-state index < -0.39 is 10.0 Å². The normalized spacial score (nSPS) is 11.6. The first kappa shape index (κ1) is 15.7. The molecule has 0 amide bonds. The van der Waals surface area contributed by atoms with Gasteiger partial charge in [-0.2, -0.15) is 0 Å². The van der Waals surface area contributed by atoms with E-state index >= 15 is 0 Å². The van der Waals surface area contributed by atoms with Gasteiger partial charge in [0.25, 0.3) is 0 Å². The molecule has 1 rings (SSSR count). The van der Waals surface area contributed by atoms with Gasteiger partial charge in [-0.25, -0.2) is 18.1 Å². The largest absolute Gasteiger partial charge is 0.487 e. The van der Waals surface area contributed by atoms with Crippen LogP contribution in [0.2, 0.25) is 0 Å². The lowest BCUT2D eigenvalue weighted by molar-refractivity contribution is 0.243. The summed E-state index contributed by atoms with van der Waals surface area (Å²) in [5.74, 6) is 1.18. The molecule has 0 saturated carbocycles. The van der Waals surface area contributed by atoms with Crippen molar-refractivity contribution >= 4 is 15.8 Å². The van der Waals surface area contributed by atoms with E-state index in [-0.39, 0.29) is 18.4 Å². The molecule has 0 spiro atoms. The van der Waals surface area contributed by atoms with Crippen molar-refractivity contribution in [3.8, 4) is 5.75 Å². The SMILES string of the molecule is CCNS(=O)(=O)CCNc1ncccc1OC(C)C. The molecule has 19 heavy (non-hydrogen) atoms. The van der Waals surface area contributed by atoms with E-state index in [1.807, 2.05) is 13.8 Å². The van der Waals surface area contributed by atoms with Crippen LogP contribution in [0, 0.1) is 0 Å². The van der Waals surface area contributed by atoms with Crippen LogP contribution in [0.4, 0.5) is 5.82 Å². The Labute approximate surface area is 114 Å². The zero-order valence-electron chi connectivity index (χ0n) is 11.5. The van der Waals surface area contributed by atoms with Gasteiger partial charge in [-0.15, -0.1) is 0 Å². The van der Waals surface area contributed by atoms with Crippen molar-refractivity contribution in [2.75, 3.05) is 24.2 Å². The standard InChI is InChI=1S/C12H21N3O3S/c1-4-15-19(16,17)9-8-14-12-11(18-10(2)3)6-5-7-13-12/h5-7,10,15H,4,8-9H2,1-3H3,(H,13,14). The minimum atomic E-state index is -3.22. The second-order valence-corrected chi connectivity index (χ2v) is 6.19. The third-order valence-electron chi connectivity index (χ3n) is 2.16. The highest BCUT2D eigenvalue weighted by Gasteiger charge is 2.10. The van der Waals surface area contributed by atoms with Gasteiger partial charge in [0.15, 0.2) is 11.6 Å². The van der Waals surface area contributed by atoms with E-state index in [4.69, 9.17) is 4.74 Å². The summed E-state index contributed by atoms with van der Waals surface area (Å²) in [7, 11) is -3.22. The summed E-state index contributed by atoms with van der Waals surface area (Å²) in [5, 5.41) is 2.98. The smallest absolute Gasteiger partial charge is 0.213 e. The van der Waals surface area contributed by atoms with E-state index in [2.05, 4.69) is 15.0 Å². The molecule has 0 unspecified atom stereocenters. The summed E-state index contributed by atoms with van der Waals surface area (Å²) in [5.41, 5.74) is 0. The summed E-state index contributed by atoms with van der Waals surface area (Å²) >= 11 is 0. The molecular weight excluding hydrogens is 266 g/mol. The Balaban J connectivity index is 2.58. The van der Waals surface area contributed by atoms with Gasteiger partial charge in [-0.05, 0) is 26.0 Å². The number of pyridine rings is 1. The summed E-state index contributed by atoms with van der Waals surface area (Å²) < 4.78 is 31.0. The van der Waals surface area contributed by atoms with Gasteiger partial charge in [0.2, 0.25) is 10.0 Å². The molecule has 0 fully saturated rings. The second kappa shape index (κ2) is 7.30. The topological polar surface area (TPSA) is 80.3 Å². The van der Waals surface area contributed by atoms with Crippen molar-refractivity contribution in [1.29, 1.82) is 0 Å². The molecule has 0 aliphatic rings. The zero-order valence-corrected chi connectivity index (χ0v) is 12.3. The predicted octanol–water partition coefficient (Wildman–Crippen LogP) is 1.22. The molecule has 2 N–H and O–H groups in total. The quantitative estimate of drug-likeness (QED) is 0.751. The third-order valence-corrected chi connectivity index (χ3v) is 3.63. The van der Waals surface area contributed by atoms with Gasteiger partial charge in [0.05, 0.1) is 11.9 Å². The minimum Gasteiger partial charge on any atom is -0.487 e. The molecule has 1 aromatic heterocycles. The van der Waals surface area contributed by atoms with Gasteiger partial charge in [-0.3, -0.25) is 0 Å². The summed E-state index contributed by atoms with van der Waals surface area (Å²) in [6.07, 6.45) is 1.67. The van der Waals surface area contributed by atoms with Crippen LogP contribution >= 0.6 is 0 Å².